The number of esters is 2. The average molecular weight is 459 g/mol. The minimum Gasteiger partial charge on any atom is -0.466 e. The Bertz CT molecular complexity index is 679. The van der Waals surface area contributed by atoms with Gasteiger partial charge in [-0.2, -0.15) is 0 Å². The average Bonchev–Trinajstić information content (AvgIpc) is 2.77. The van der Waals surface area contributed by atoms with E-state index in [-0.39, 0.29) is 18.4 Å². The molecule has 0 aliphatic rings. The zero-order chi connectivity index (χ0) is 23.6. The van der Waals surface area contributed by atoms with Gasteiger partial charge in [0.15, 0.2) is 11.6 Å². The van der Waals surface area contributed by atoms with Crippen molar-refractivity contribution in [2.24, 2.45) is 0 Å². The van der Waals surface area contributed by atoms with Crippen LogP contribution < -0.4 is 0 Å². The molecule has 1 rings (SSSR count). The van der Waals surface area contributed by atoms with E-state index < -0.39 is 36.0 Å². The lowest BCUT2D eigenvalue weighted by Crippen LogP contribution is -2.11. The van der Waals surface area contributed by atoms with E-state index in [1.807, 2.05) is 0 Å². The number of carbonyl (C=O) groups is 2. The normalized spacial score (nSPS) is 10.9. The summed E-state index contributed by atoms with van der Waals surface area (Å²) >= 11 is 0. The van der Waals surface area contributed by atoms with Crippen molar-refractivity contribution in [2.45, 2.75) is 103 Å². The second-order valence-corrected chi connectivity index (χ2v) is 8.13. The van der Waals surface area contributed by atoms with E-state index in [4.69, 9.17) is 9.47 Å². The van der Waals surface area contributed by atoms with E-state index in [9.17, 15) is 22.8 Å². The Morgan fingerprint density at radius 1 is 0.656 bits per heavy atom. The molecule has 32 heavy (non-hydrogen) atoms. The Balaban J connectivity index is 1.97. The first-order valence-electron chi connectivity index (χ1n) is 11.9. The zero-order valence-electron chi connectivity index (χ0n) is 19.2. The highest BCUT2D eigenvalue weighted by Crippen LogP contribution is 2.15. The number of hydrogen-bond donors (Lipinski definition) is 0. The fourth-order valence-corrected chi connectivity index (χ4v) is 3.31. The van der Waals surface area contributed by atoms with E-state index in [2.05, 4.69) is 6.92 Å². The van der Waals surface area contributed by atoms with Crippen LogP contribution in [0.2, 0.25) is 0 Å². The van der Waals surface area contributed by atoms with Crippen LogP contribution in [0.5, 0.6) is 0 Å². The number of halogens is 3. The van der Waals surface area contributed by atoms with Crippen molar-refractivity contribution in [1.82, 2.24) is 0 Å². The van der Waals surface area contributed by atoms with Crippen LogP contribution in [0.3, 0.4) is 0 Å². The minimum atomic E-state index is -1.31. The number of benzene rings is 1. The summed E-state index contributed by atoms with van der Waals surface area (Å²) in [7, 11) is 0. The fraction of sp³-hybridized carbons (Fsp3) is 0.680. The summed E-state index contributed by atoms with van der Waals surface area (Å²) in [4.78, 5) is 23.3. The molecule has 0 unspecified atom stereocenters. The van der Waals surface area contributed by atoms with Gasteiger partial charge >= 0.3 is 11.9 Å². The maximum atomic E-state index is 13.5. The van der Waals surface area contributed by atoms with Gasteiger partial charge in [-0.25, -0.2) is 13.2 Å². The number of ether oxygens (including phenoxy) is 2. The van der Waals surface area contributed by atoms with Crippen LogP contribution in [-0.4, -0.2) is 18.5 Å². The molecule has 0 amide bonds. The molecular weight excluding hydrogens is 421 g/mol. The van der Waals surface area contributed by atoms with E-state index in [0.717, 1.165) is 19.3 Å². The molecular formula is C25H37F3O4. The molecule has 0 aliphatic heterocycles. The topological polar surface area (TPSA) is 52.6 Å². The molecule has 0 aliphatic carbocycles. The van der Waals surface area contributed by atoms with Crippen molar-refractivity contribution in [3.05, 3.63) is 35.1 Å². The third-order valence-corrected chi connectivity index (χ3v) is 5.27. The van der Waals surface area contributed by atoms with Gasteiger partial charge in [0.2, 0.25) is 0 Å². The smallest absolute Gasteiger partial charge is 0.306 e. The van der Waals surface area contributed by atoms with Crippen molar-refractivity contribution in [3.63, 3.8) is 0 Å². The van der Waals surface area contributed by atoms with E-state index in [1.165, 1.54) is 57.8 Å². The highest BCUT2D eigenvalue weighted by atomic mass is 19.2. The standard InChI is InChI=1S/C25H37F3O4/c1-2-3-4-5-6-7-8-9-10-11-12-13-16-31-24(29)14-15-25(30)32-19-20-17-22(27)23(28)18-21(20)26/h17-18H,2-16,19H2,1H3. The lowest BCUT2D eigenvalue weighted by atomic mass is 10.1. The Morgan fingerprint density at radius 3 is 1.69 bits per heavy atom. The van der Waals surface area contributed by atoms with Gasteiger partial charge in [0.05, 0.1) is 19.4 Å². The Hall–Kier alpha value is -2.05. The predicted molar refractivity (Wildman–Crippen MR) is 117 cm³/mol. The van der Waals surface area contributed by atoms with Crippen molar-refractivity contribution >= 4 is 11.9 Å². The van der Waals surface area contributed by atoms with E-state index >= 15 is 0 Å². The van der Waals surface area contributed by atoms with Gasteiger partial charge in [0.25, 0.3) is 0 Å². The van der Waals surface area contributed by atoms with Gasteiger partial charge in [0, 0.05) is 11.6 Å². The molecule has 0 N–H and O–H groups in total. The summed E-state index contributed by atoms with van der Waals surface area (Å²) in [5.41, 5.74) is -0.271. The van der Waals surface area contributed by atoms with Crippen LogP contribution in [0.1, 0.15) is 102 Å². The largest absolute Gasteiger partial charge is 0.466 e. The SMILES string of the molecule is CCCCCCCCCCCCCCOC(=O)CCC(=O)OCc1cc(F)c(F)cc1F. The Kier molecular flexibility index (Phi) is 15.3. The monoisotopic (exact) mass is 458 g/mol. The first-order chi connectivity index (χ1) is 15.4. The summed E-state index contributed by atoms with van der Waals surface area (Å²) in [5.74, 6) is -4.77. The molecule has 0 bridgehead atoms. The van der Waals surface area contributed by atoms with E-state index in [1.54, 1.807) is 0 Å². The van der Waals surface area contributed by atoms with Crippen molar-refractivity contribution in [3.8, 4) is 0 Å². The minimum absolute atomic E-state index is 0.142. The lowest BCUT2D eigenvalue weighted by Gasteiger charge is -2.07. The molecule has 0 radical (unpaired) electrons. The maximum absolute atomic E-state index is 13.5. The van der Waals surface area contributed by atoms with Crippen LogP contribution in [0.4, 0.5) is 13.2 Å². The summed E-state index contributed by atoms with van der Waals surface area (Å²) < 4.78 is 49.4. The quantitative estimate of drug-likeness (QED) is 0.133. The summed E-state index contributed by atoms with van der Waals surface area (Å²) in [6.07, 6.45) is 14.3. The Labute approximate surface area is 189 Å². The third-order valence-electron chi connectivity index (χ3n) is 5.27. The highest BCUT2D eigenvalue weighted by Gasteiger charge is 2.13. The number of carbonyl (C=O) groups excluding carboxylic acids is 2. The van der Waals surface area contributed by atoms with Crippen molar-refractivity contribution in [2.75, 3.05) is 6.61 Å². The first-order valence-corrected chi connectivity index (χ1v) is 11.9. The highest BCUT2D eigenvalue weighted by molar-refractivity contribution is 5.77. The number of unbranched alkanes of at least 4 members (excludes halogenated alkanes) is 11. The Morgan fingerprint density at radius 2 is 1.12 bits per heavy atom. The summed E-state index contributed by atoms with van der Waals surface area (Å²) in [6, 6.07) is 1.03. The molecule has 7 heteroatoms. The van der Waals surface area contributed by atoms with Crippen LogP contribution in [-0.2, 0) is 25.7 Å². The molecule has 4 nitrogen and oxygen atoms in total. The van der Waals surface area contributed by atoms with Gasteiger partial charge in [-0.05, 0) is 12.5 Å². The number of hydrogen-bond acceptors (Lipinski definition) is 4. The third kappa shape index (κ3) is 13.4. The van der Waals surface area contributed by atoms with Crippen LogP contribution in [0.15, 0.2) is 12.1 Å². The molecule has 182 valence electrons. The molecule has 0 saturated heterocycles. The first kappa shape index (κ1) is 28.0. The summed E-state index contributed by atoms with van der Waals surface area (Å²) in [6.45, 7) is 2.02. The van der Waals surface area contributed by atoms with Gasteiger partial charge in [-0.1, -0.05) is 77.6 Å². The van der Waals surface area contributed by atoms with Crippen LogP contribution >= 0.6 is 0 Å². The molecule has 0 spiro atoms. The van der Waals surface area contributed by atoms with Crippen LogP contribution in [0.25, 0.3) is 0 Å². The van der Waals surface area contributed by atoms with Crippen molar-refractivity contribution < 1.29 is 32.2 Å². The maximum Gasteiger partial charge on any atom is 0.306 e. The molecule has 0 heterocycles. The van der Waals surface area contributed by atoms with E-state index in [0.29, 0.717) is 18.7 Å². The van der Waals surface area contributed by atoms with Gasteiger partial charge in [-0.15, -0.1) is 0 Å². The molecule has 0 atom stereocenters. The molecule has 1 aromatic carbocycles. The summed E-state index contributed by atoms with van der Waals surface area (Å²) in [5, 5.41) is 0. The molecule has 0 aromatic heterocycles. The second kappa shape index (κ2) is 17.5. The van der Waals surface area contributed by atoms with Crippen molar-refractivity contribution in [1.29, 1.82) is 0 Å². The lowest BCUT2D eigenvalue weighted by molar-refractivity contribution is -0.151. The van der Waals surface area contributed by atoms with Gasteiger partial charge in [-0.3, -0.25) is 9.59 Å². The van der Waals surface area contributed by atoms with Gasteiger partial charge < -0.3 is 9.47 Å². The van der Waals surface area contributed by atoms with Crippen LogP contribution in [0, 0.1) is 17.5 Å². The van der Waals surface area contributed by atoms with Gasteiger partial charge in [0.1, 0.15) is 12.4 Å². The predicted octanol–water partition coefficient (Wildman–Crippen LogP) is 7.17. The molecule has 1 aromatic rings. The second-order valence-electron chi connectivity index (χ2n) is 8.13. The molecule has 0 saturated carbocycles. The zero-order valence-corrected chi connectivity index (χ0v) is 19.2. The fourth-order valence-electron chi connectivity index (χ4n) is 3.31. The molecule has 0 fully saturated rings. The number of rotatable bonds is 18.